The second-order valence-electron chi connectivity index (χ2n) is 6.46. The van der Waals surface area contributed by atoms with Crippen molar-refractivity contribution in [1.82, 2.24) is 0 Å². The zero-order valence-electron chi connectivity index (χ0n) is 18.7. The van der Waals surface area contributed by atoms with Gasteiger partial charge in [-0.05, 0) is 41.5 Å². The van der Waals surface area contributed by atoms with Crippen molar-refractivity contribution in [3.63, 3.8) is 0 Å². The molecule has 0 N–H and O–H groups in total. The van der Waals surface area contributed by atoms with Crippen molar-refractivity contribution in [2.45, 2.75) is 41.5 Å². The Morgan fingerprint density at radius 1 is 0.357 bits per heavy atom. The largest absolute Gasteiger partial charge is 0.255 e. The minimum atomic E-state index is 0.500. The van der Waals surface area contributed by atoms with Crippen molar-refractivity contribution < 1.29 is 4.39 Å². The van der Waals surface area contributed by atoms with E-state index < -0.39 is 0 Å². The highest BCUT2D eigenvalue weighted by atomic mass is 35.5. The molecular weight excluding hydrogens is 367 g/mol. The predicted molar refractivity (Wildman–Crippen MR) is 127 cm³/mol. The highest BCUT2D eigenvalue weighted by molar-refractivity contribution is 6.15. The molecule has 0 nitrogen and oxygen atoms in total. The zero-order valence-corrected chi connectivity index (χ0v) is 19.4. The maximum atomic E-state index is 9.50. The fourth-order valence-electron chi connectivity index (χ4n) is 1.91. The van der Waals surface area contributed by atoms with E-state index in [4.69, 9.17) is 0 Å². The van der Waals surface area contributed by atoms with Crippen LogP contribution < -0.4 is 0 Å². The molecule has 3 rings (SSSR count). The Kier molecular flexibility index (Phi) is 18.3. The zero-order chi connectivity index (χ0) is 21.9. The molecule has 154 valence electrons. The molecule has 0 unspecified atom stereocenters. The second-order valence-corrected chi connectivity index (χ2v) is 6.46. The number of alkyl halides is 2. The topological polar surface area (TPSA) is 0 Å². The van der Waals surface area contributed by atoms with Crippen LogP contribution in [0.1, 0.15) is 33.4 Å². The summed E-state index contributed by atoms with van der Waals surface area (Å²) in [6.45, 7) is 12.6. The number of rotatable bonds is 0. The Morgan fingerprint density at radius 2 is 0.429 bits per heavy atom. The maximum absolute atomic E-state index is 9.50. The van der Waals surface area contributed by atoms with Gasteiger partial charge < -0.3 is 0 Å². The van der Waals surface area contributed by atoms with Crippen LogP contribution in [0.25, 0.3) is 0 Å². The van der Waals surface area contributed by atoms with Gasteiger partial charge in [0, 0.05) is 6.38 Å². The molecule has 0 spiro atoms. The van der Waals surface area contributed by atoms with Gasteiger partial charge in [0.15, 0.2) is 0 Å². The van der Waals surface area contributed by atoms with Gasteiger partial charge in [0.25, 0.3) is 0 Å². The normalized spacial score (nSPS) is 8.36. The molecule has 0 amide bonds. The average Bonchev–Trinajstić information content (AvgIpc) is 2.73. The molecule has 0 bridgehead atoms. The van der Waals surface area contributed by atoms with Crippen LogP contribution in [0.3, 0.4) is 0 Å². The van der Waals surface area contributed by atoms with Crippen LogP contribution in [-0.4, -0.2) is 13.6 Å². The van der Waals surface area contributed by atoms with Gasteiger partial charge in [-0.15, -0.1) is 11.6 Å². The summed E-state index contributed by atoms with van der Waals surface area (Å²) in [7, 11) is 0.500. The Hall–Kier alpha value is -2.12. The summed E-state index contributed by atoms with van der Waals surface area (Å²) in [6.07, 6.45) is 1.47. The molecule has 0 fully saturated rings. The van der Waals surface area contributed by atoms with Crippen molar-refractivity contribution in [2.24, 2.45) is 0 Å². The first-order valence-electron chi connectivity index (χ1n) is 9.22. The molecule has 0 radical (unpaired) electrons. The van der Waals surface area contributed by atoms with Crippen molar-refractivity contribution in [2.75, 3.05) is 13.6 Å². The minimum absolute atomic E-state index is 0.500. The number of benzene rings is 3. The standard InChI is InChI=1S/3C8H10.CH3Cl.CH3F/c3*1-7-3-5-8(2)6-4-7;2*1-2/h3*3-6H,1-2H3;2*1H3. The van der Waals surface area contributed by atoms with Crippen LogP contribution in [0.5, 0.6) is 0 Å². The smallest absolute Gasteiger partial charge is 0.0785 e. The number of hydrogen-bond donors (Lipinski definition) is 0. The number of halogens is 2. The first-order valence-corrected chi connectivity index (χ1v) is 9.98. The predicted octanol–water partition coefficient (Wildman–Crippen LogP) is 8.35. The molecule has 3 aromatic carbocycles. The lowest BCUT2D eigenvalue weighted by atomic mass is 10.2. The van der Waals surface area contributed by atoms with Crippen LogP contribution in [0.15, 0.2) is 72.8 Å². The third-order valence-corrected chi connectivity index (χ3v) is 3.65. The lowest BCUT2D eigenvalue weighted by Gasteiger charge is -1.90. The molecule has 2 heteroatoms. The van der Waals surface area contributed by atoms with Crippen LogP contribution in [0, 0.1) is 41.5 Å². The number of hydrogen-bond acceptors (Lipinski definition) is 0. The van der Waals surface area contributed by atoms with Gasteiger partial charge in [-0.1, -0.05) is 106 Å². The third kappa shape index (κ3) is 16.1. The SMILES string of the molecule is CCl.CF.Cc1ccc(C)cc1.Cc1ccc(C)cc1.Cc1ccc(C)cc1. The van der Waals surface area contributed by atoms with Crippen LogP contribution >= 0.6 is 11.6 Å². The van der Waals surface area contributed by atoms with E-state index in [9.17, 15) is 4.39 Å². The first-order chi connectivity index (χ1) is 13.4. The average molecular weight is 403 g/mol. The molecule has 0 aromatic heterocycles. The first kappa shape index (κ1) is 28.1. The van der Waals surface area contributed by atoms with E-state index >= 15 is 0 Å². The molecular formula is C26H36ClF. The Morgan fingerprint density at radius 3 is 0.500 bits per heavy atom. The summed E-state index contributed by atoms with van der Waals surface area (Å²) < 4.78 is 9.50. The van der Waals surface area contributed by atoms with Crippen molar-refractivity contribution >= 4 is 11.6 Å². The van der Waals surface area contributed by atoms with Gasteiger partial charge in [0.2, 0.25) is 0 Å². The lowest BCUT2D eigenvalue weighted by molar-refractivity contribution is 0.636. The van der Waals surface area contributed by atoms with E-state index in [1.165, 1.54) is 39.8 Å². The summed E-state index contributed by atoms with van der Waals surface area (Å²) in [5.74, 6) is 0. The second kappa shape index (κ2) is 18.3. The van der Waals surface area contributed by atoms with Crippen molar-refractivity contribution in [1.29, 1.82) is 0 Å². The highest BCUT2D eigenvalue weighted by Crippen LogP contribution is 2.00. The van der Waals surface area contributed by atoms with Crippen LogP contribution in [-0.2, 0) is 0 Å². The molecule has 0 saturated carbocycles. The van der Waals surface area contributed by atoms with Crippen molar-refractivity contribution in [3.05, 3.63) is 106 Å². The van der Waals surface area contributed by atoms with E-state index in [2.05, 4.69) is 126 Å². The summed E-state index contributed by atoms with van der Waals surface area (Å²) in [5, 5.41) is 0. The lowest BCUT2D eigenvalue weighted by Crippen LogP contribution is -1.70. The van der Waals surface area contributed by atoms with Crippen LogP contribution in [0.4, 0.5) is 4.39 Å². The molecule has 0 saturated heterocycles. The fraction of sp³-hybridized carbons (Fsp3) is 0.308. The van der Waals surface area contributed by atoms with Gasteiger partial charge in [-0.3, -0.25) is 4.39 Å². The monoisotopic (exact) mass is 402 g/mol. The van der Waals surface area contributed by atoms with E-state index in [0.29, 0.717) is 7.18 Å². The van der Waals surface area contributed by atoms with E-state index in [-0.39, 0.29) is 0 Å². The van der Waals surface area contributed by atoms with E-state index in [1.807, 2.05) is 0 Å². The molecule has 0 aliphatic heterocycles. The summed E-state index contributed by atoms with van der Waals surface area (Å²) in [6, 6.07) is 25.4. The Labute approximate surface area is 177 Å². The molecule has 0 atom stereocenters. The summed E-state index contributed by atoms with van der Waals surface area (Å²) in [5.41, 5.74) is 7.98. The molecule has 3 aromatic rings. The highest BCUT2D eigenvalue weighted by Gasteiger charge is 1.81. The van der Waals surface area contributed by atoms with E-state index in [1.54, 1.807) is 0 Å². The van der Waals surface area contributed by atoms with Gasteiger partial charge >= 0.3 is 0 Å². The van der Waals surface area contributed by atoms with Gasteiger partial charge in [-0.25, -0.2) is 0 Å². The molecule has 0 heterocycles. The van der Waals surface area contributed by atoms with E-state index in [0.717, 1.165) is 0 Å². The van der Waals surface area contributed by atoms with Gasteiger partial charge in [0.1, 0.15) is 0 Å². The number of aryl methyl sites for hydroxylation is 6. The Balaban J connectivity index is 0. The van der Waals surface area contributed by atoms with Gasteiger partial charge in [0.05, 0.1) is 7.18 Å². The molecule has 28 heavy (non-hydrogen) atoms. The fourth-order valence-corrected chi connectivity index (χ4v) is 1.91. The maximum Gasteiger partial charge on any atom is 0.0785 e. The third-order valence-electron chi connectivity index (χ3n) is 3.65. The Bertz CT molecular complexity index is 533. The minimum Gasteiger partial charge on any atom is -0.255 e. The van der Waals surface area contributed by atoms with Crippen molar-refractivity contribution in [3.8, 4) is 0 Å². The summed E-state index contributed by atoms with van der Waals surface area (Å²) in [4.78, 5) is 0. The molecule has 0 aliphatic rings. The quantitative estimate of drug-likeness (QED) is 0.331. The van der Waals surface area contributed by atoms with Crippen LogP contribution in [0.2, 0.25) is 0 Å². The van der Waals surface area contributed by atoms with Gasteiger partial charge in [-0.2, -0.15) is 0 Å². The summed E-state index contributed by atoms with van der Waals surface area (Å²) >= 11 is 4.64. The molecule has 0 aliphatic carbocycles.